The first-order chi connectivity index (χ1) is 11.6. The van der Waals surface area contributed by atoms with Crippen LogP contribution in [0.25, 0.3) is 0 Å². The van der Waals surface area contributed by atoms with Gasteiger partial charge in [0.05, 0.1) is 11.6 Å². The number of rotatable bonds is 4. The van der Waals surface area contributed by atoms with Gasteiger partial charge in [0.25, 0.3) is 0 Å². The number of aromatic nitrogens is 2. The van der Waals surface area contributed by atoms with E-state index < -0.39 is 11.9 Å². The lowest BCUT2D eigenvalue weighted by Gasteiger charge is -2.35. The van der Waals surface area contributed by atoms with Crippen LogP contribution in [0.15, 0.2) is 30.6 Å². The molecule has 2 heterocycles. The van der Waals surface area contributed by atoms with Crippen molar-refractivity contribution in [3.8, 4) is 6.07 Å². The predicted octanol–water partition coefficient (Wildman–Crippen LogP) is 2.38. The third-order valence-corrected chi connectivity index (χ3v) is 4.70. The largest absolute Gasteiger partial charge is 0.385 e. The van der Waals surface area contributed by atoms with E-state index in [4.69, 9.17) is 0 Å². The second-order valence-corrected chi connectivity index (χ2v) is 6.39. The molecule has 0 aliphatic carbocycles. The molecule has 1 N–H and O–H groups in total. The summed E-state index contributed by atoms with van der Waals surface area (Å²) in [5.74, 6) is 0.393. The molecule has 3 rings (SSSR count). The Bertz CT molecular complexity index is 752. The molecule has 24 heavy (non-hydrogen) atoms. The van der Waals surface area contributed by atoms with Gasteiger partial charge < -0.3 is 9.67 Å². The maximum absolute atomic E-state index is 13.3. The average Bonchev–Trinajstić information content (AvgIpc) is 3.02. The van der Waals surface area contributed by atoms with Gasteiger partial charge in [-0.1, -0.05) is 6.07 Å². The van der Waals surface area contributed by atoms with Crippen LogP contribution in [0.5, 0.6) is 0 Å². The molecule has 126 valence electrons. The smallest absolute Gasteiger partial charge is 0.137 e. The lowest BCUT2D eigenvalue weighted by molar-refractivity contribution is 0.0404. The molecule has 2 atom stereocenters. The first-order valence-corrected chi connectivity index (χ1v) is 8.14. The minimum atomic E-state index is -0.601. The summed E-state index contributed by atoms with van der Waals surface area (Å²) in [7, 11) is 1.88. The summed E-state index contributed by atoms with van der Waals surface area (Å²) in [5.41, 5.74) is 1.20. The van der Waals surface area contributed by atoms with Crippen LogP contribution in [-0.4, -0.2) is 32.6 Å². The maximum atomic E-state index is 13.3. The SMILES string of the molecule is Cn1ccnc1[C@H](O)[C@H]1CCCN(Cc2ccc(F)cc2C#N)C1. The Morgan fingerprint density at radius 2 is 2.33 bits per heavy atom. The van der Waals surface area contributed by atoms with E-state index in [-0.39, 0.29) is 5.92 Å². The third kappa shape index (κ3) is 3.48. The standard InChI is InChI=1S/C18H21FN4O/c1-22-8-6-21-18(22)17(24)14-3-2-7-23(12-14)11-13-4-5-16(19)9-15(13)10-20/h4-6,8-9,14,17,24H,2-3,7,11-12H2,1H3/t14-,17+/m0/s1. The second kappa shape index (κ2) is 7.12. The zero-order valence-corrected chi connectivity index (χ0v) is 13.7. The summed E-state index contributed by atoms with van der Waals surface area (Å²) in [4.78, 5) is 6.46. The summed E-state index contributed by atoms with van der Waals surface area (Å²) in [6.45, 7) is 2.23. The van der Waals surface area contributed by atoms with Gasteiger partial charge in [0, 0.05) is 38.4 Å². The molecule has 5 nitrogen and oxygen atoms in total. The first kappa shape index (κ1) is 16.6. The lowest BCUT2D eigenvalue weighted by Crippen LogP contribution is -2.38. The van der Waals surface area contributed by atoms with Gasteiger partial charge in [-0.25, -0.2) is 9.37 Å². The number of hydrogen-bond donors (Lipinski definition) is 1. The summed E-state index contributed by atoms with van der Waals surface area (Å²) in [6, 6.07) is 6.40. The Labute approximate surface area is 141 Å². The van der Waals surface area contributed by atoms with E-state index >= 15 is 0 Å². The highest BCUT2D eigenvalue weighted by molar-refractivity contribution is 5.37. The number of hydrogen-bond acceptors (Lipinski definition) is 4. The molecule has 0 unspecified atom stereocenters. The summed E-state index contributed by atoms with van der Waals surface area (Å²) >= 11 is 0. The fraction of sp³-hybridized carbons (Fsp3) is 0.444. The third-order valence-electron chi connectivity index (χ3n) is 4.70. The lowest BCUT2D eigenvalue weighted by atomic mass is 9.91. The highest BCUT2D eigenvalue weighted by Crippen LogP contribution is 2.29. The van der Waals surface area contributed by atoms with Gasteiger partial charge in [-0.3, -0.25) is 4.90 Å². The number of aliphatic hydroxyl groups excluding tert-OH is 1. The Balaban J connectivity index is 1.70. The Morgan fingerprint density at radius 1 is 1.50 bits per heavy atom. The Morgan fingerprint density at radius 3 is 3.04 bits per heavy atom. The van der Waals surface area contributed by atoms with Gasteiger partial charge in [0.1, 0.15) is 17.7 Å². The molecule has 1 aliphatic heterocycles. The van der Waals surface area contributed by atoms with Crippen LogP contribution in [0.1, 0.15) is 35.9 Å². The van der Waals surface area contributed by atoms with E-state index in [1.807, 2.05) is 17.8 Å². The van der Waals surface area contributed by atoms with Crippen LogP contribution in [0, 0.1) is 23.1 Å². The molecule has 0 saturated carbocycles. The van der Waals surface area contributed by atoms with Crippen molar-refractivity contribution in [3.05, 3.63) is 53.4 Å². The fourth-order valence-corrected chi connectivity index (χ4v) is 3.40. The van der Waals surface area contributed by atoms with Gasteiger partial charge in [-0.05, 0) is 37.1 Å². The van der Waals surface area contributed by atoms with Crippen molar-refractivity contribution in [2.24, 2.45) is 13.0 Å². The van der Waals surface area contributed by atoms with E-state index in [0.29, 0.717) is 17.9 Å². The number of nitriles is 1. The monoisotopic (exact) mass is 328 g/mol. The van der Waals surface area contributed by atoms with Crippen molar-refractivity contribution in [3.63, 3.8) is 0 Å². The molecule has 1 aromatic heterocycles. The minimum Gasteiger partial charge on any atom is -0.385 e. The zero-order chi connectivity index (χ0) is 17.1. The molecule has 2 aromatic rings. The quantitative estimate of drug-likeness (QED) is 0.936. The molecule has 6 heteroatoms. The van der Waals surface area contributed by atoms with Crippen molar-refractivity contribution in [1.82, 2.24) is 14.5 Å². The summed E-state index contributed by atoms with van der Waals surface area (Å²) < 4.78 is 15.1. The van der Waals surface area contributed by atoms with Crippen LogP contribution in [-0.2, 0) is 13.6 Å². The molecular formula is C18H21FN4O. The second-order valence-electron chi connectivity index (χ2n) is 6.39. The molecule has 1 saturated heterocycles. The van der Waals surface area contributed by atoms with Crippen molar-refractivity contribution in [2.75, 3.05) is 13.1 Å². The number of aryl methyl sites for hydroxylation is 1. The van der Waals surface area contributed by atoms with Crippen molar-refractivity contribution in [1.29, 1.82) is 5.26 Å². The minimum absolute atomic E-state index is 0.103. The van der Waals surface area contributed by atoms with Crippen LogP contribution >= 0.6 is 0 Å². The molecule has 0 bridgehead atoms. The number of benzene rings is 1. The van der Waals surface area contributed by atoms with E-state index in [1.54, 1.807) is 12.3 Å². The summed E-state index contributed by atoms with van der Waals surface area (Å²) in [6.07, 6.45) is 4.85. The van der Waals surface area contributed by atoms with Crippen LogP contribution in [0.3, 0.4) is 0 Å². The van der Waals surface area contributed by atoms with Crippen LogP contribution in [0.4, 0.5) is 4.39 Å². The Kier molecular flexibility index (Phi) is 4.93. The van der Waals surface area contributed by atoms with Gasteiger partial charge in [-0.15, -0.1) is 0 Å². The number of halogens is 1. The van der Waals surface area contributed by atoms with E-state index in [2.05, 4.69) is 16.0 Å². The molecule has 0 amide bonds. The number of imidazole rings is 1. The van der Waals surface area contributed by atoms with Gasteiger partial charge in [0.15, 0.2) is 0 Å². The molecule has 0 radical (unpaired) electrons. The average molecular weight is 328 g/mol. The van der Waals surface area contributed by atoms with E-state index in [1.165, 1.54) is 12.1 Å². The number of piperidine rings is 1. The number of likely N-dealkylation sites (tertiary alicyclic amines) is 1. The number of aliphatic hydroxyl groups is 1. The maximum Gasteiger partial charge on any atom is 0.137 e. The van der Waals surface area contributed by atoms with Crippen molar-refractivity contribution < 1.29 is 9.50 Å². The topological polar surface area (TPSA) is 65.1 Å². The summed E-state index contributed by atoms with van der Waals surface area (Å²) in [5, 5.41) is 19.8. The first-order valence-electron chi connectivity index (χ1n) is 8.14. The highest BCUT2D eigenvalue weighted by Gasteiger charge is 2.29. The predicted molar refractivity (Wildman–Crippen MR) is 87.3 cm³/mol. The molecule has 1 fully saturated rings. The molecule has 1 aromatic carbocycles. The van der Waals surface area contributed by atoms with E-state index in [0.717, 1.165) is 31.5 Å². The normalized spacial score (nSPS) is 19.8. The highest BCUT2D eigenvalue weighted by atomic mass is 19.1. The molecular weight excluding hydrogens is 307 g/mol. The number of nitrogens with zero attached hydrogens (tertiary/aromatic N) is 4. The fourth-order valence-electron chi connectivity index (χ4n) is 3.40. The van der Waals surface area contributed by atoms with Gasteiger partial charge in [0.2, 0.25) is 0 Å². The molecule has 1 aliphatic rings. The zero-order valence-electron chi connectivity index (χ0n) is 13.7. The van der Waals surface area contributed by atoms with E-state index in [9.17, 15) is 14.8 Å². The Hall–Kier alpha value is -2.23. The van der Waals surface area contributed by atoms with Crippen molar-refractivity contribution in [2.45, 2.75) is 25.5 Å². The molecule has 0 spiro atoms. The van der Waals surface area contributed by atoms with Crippen LogP contribution in [0.2, 0.25) is 0 Å². The van der Waals surface area contributed by atoms with Crippen molar-refractivity contribution >= 4 is 0 Å². The van der Waals surface area contributed by atoms with Crippen LogP contribution < -0.4 is 0 Å². The van der Waals surface area contributed by atoms with Gasteiger partial charge in [-0.2, -0.15) is 5.26 Å². The van der Waals surface area contributed by atoms with Gasteiger partial charge >= 0.3 is 0 Å².